The number of hydroxylamine groups is 2. The molecule has 4 amide bonds. The van der Waals surface area contributed by atoms with Crippen molar-refractivity contribution in [3.63, 3.8) is 0 Å². The maximum absolute atomic E-state index is 12.5. The van der Waals surface area contributed by atoms with Gasteiger partial charge in [-0.2, -0.15) is 0 Å². The van der Waals surface area contributed by atoms with E-state index in [1.165, 1.54) is 0 Å². The standard InChI is InChI=1S/C18H16N2O6/c21-14-8-9-15(22)19(14)13(7-6-12-4-2-1-3-5-12)18(25)26-20-16(23)10-11-17(20)24/h1-5,8-9,13H,6-7,10-11H2. The number of benzene rings is 1. The highest BCUT2D eigenvalue weighted by molar-refractivity contribution is 6.15. The number of aryl methyl sites for hydroxylation is 1. The molecule has 26 heavy (non-hydrogen) atoms. The molecule has 2 aliphatic rings. The molecule has 2 aliphatic heterocycles. The molecule has 1 fully saturated rings. The summed E-state index contributed by atoms with van der Waals surface area (Å²) in [4.78, 5) is 65.5. The first-order valence-electron chi connectivity index (χ1n) is 8.14. The van der Waals surface area contributed by atoms with E-state index in [0.29, 0.717) is 11.5 Å². The van der Waals surface area contributed by atoms with E-state index in [1.54, 1.807) is 0 Å². The van der Waals surface area contributed by atoms with Crippen molar-refractivity contribution in [2.45, 2.75) is 31.7 Å². The van der Waals surface area contributed by atoms with Crippen molar-refractivity contribution in [1.82, 2.24) is 9.96 Å². The Morgan fingerprint density at radius 2 is 1.54 bits per heavy atom. The maximum atomic E-state index is 12.5. The molecule has 134 valence electrons. The Morgan fingerprint density at radius 1 is 0.962 bits per heavy atom. The zero-order valence-electron chi connectivity index (χ0n) is 13.8. The zero-order valence-corrected chi connectivity index (χ0v) is 13.8. The second-order valence-electron chi connectivity index (χ2n) is 5.91. The van der Waals surface area contributed by atoms with Gasteiger partial charge in [-0.3, -0.25) is 24.1 Å². The SMILES string of the molecule is O=C(ON1C(=O)CCC1=O)C(CCc1ccccc1)N1C(=O)C=CC1=O. The highest BCUT2D eigenvalue weighted by atomic mass is 16.7. The van der Waals surface area contributed by atoms with Crippen LogP contribution in [0.2, 0.25) is 0 Å². The molecule has 1 atom stereocenters. The van der Waals surface area contributed by atoms with E-state index < -0.39 is 35.6 Å². The molecule has 2 heterocycles. The molecule has 1 aromatic rings. The van der Waals surface area contributed by atoms with Gasteiger partial charge in [-0.05, 0) is 18.4 Å². The Labute approximate surface area is 149 Å². The van der Waals surface area contributed by atoms with Crippen molar-refractivity contribution in [3.05, 3.63) is 48.0 Å². The van der Waals surface area contributed by atoms with E-state index in [4.69, 9.17) is 4.84 Å². The van der Waals surface area contributed by atoms with Crippen LogP contribution in [0.15, 0.2) is 42.5 Å². The van der Waals surface area contributed by atoms with Crippen LogP contribution in [0, 0.1) is 0 Å². The van der Waals surface area contributed by atoms with Crippen LogP contribution in [-0.2, 0) is 35.2 Å². The van der Waals surface area contributed by atoms with Gasteiger partial charge in [-0.15, -0.1) is 5.06 Å². The molecule has 1 unspecified atom stereocenters. The van der Waals surface area contributed by atoms with Crippen LogP contribution in [0.1, 0.15) is 24.8 Å². The Balaban J connectivity index is 1.76. The van der Waals surface area contributed by atoms with Crippen LogP contribution in [0.25, 0.3) is 0 Å². The molecule has 8 nitrogen and oxygen atoms in total. The normalized spacial score (nSPS) is 18.0. The average molecular weight is 356 g/mol. The summed E-state index contributed by atoms with van der Waals surface area (Å²) in [6.45, 7) is 0. The Morgan fingerprint density at radius 3 is 2.12 bits per heavy atom. The quantitative estimate of drug-likeness (QED) is 0.689. The van der Waals surface area contributed by atoms with E-state index in [2.05, 4.69) is 0 Å². The van der Waals surface area contributed by atoms with Gasteiger partial charge in [0.2, 0.25) is 0 Å². The molecule has 0 spiro atoms. The van der Waals surface area contributed by atoms with Crippen LogP contribution in [-0.4, -0.2) is 45.6 Å². The topological polar surface area (TPSA) is 101 Å². The summed E-state index contributed by atoms with van der Waals surface area (Å²) in [6.07, 6.45) is 2.57. The molecule has 0 N–H and O–H groups in total. The molecule has 0 saturated carbocycles. The second-order valence-corrected chi connectivity index (χ2v) is 5.91. The molecule has 0 aromatic heterocycles. The number of carbonyl (C=O) groups excluding carboxylic acids is 5. The fraction of sp³-hybridized carbons (Fsp3) is 0.278. The van der Waals surface area contributed by atoms with E-state index in [-0.39, 0.29) is 19.3 Å². The smallest absolute Gasteiger partial charge is 0.328 e. The van der Waals surface area contributed by atoms with Gasteiger partial charge in [-0.1, -0.05) is 30.3 Å². The van der Waals surface area contributed by atoms with Crippen LogP contribution in [0.4, 0.5) is 0 Å². The molecular formula is C18H16N2O6. The van der Waals surface area contributed by atoms with Gasteiger partial charge in [0, 0.05) is 25.0 Å². The number of nitrogens with zero attached hydrogens (tertiary/aromatic N) is 2. The molecule has 0 radical (unpaired) electrons. The van der Waals surface area contributed by atoms with Gasteiger partial charge in [0.05, 0.1) is 0 Å². The number of imide groups is 2. The lowest BCUT2D eigenvalue weighted by Crippen LogP contribution is -2.48. The Kier molecular flexibility index (Phi) is 4.92. The third kappa shape index (κ3) is 3.53. The maximum Gasteiger partial charge on any atom is 0.355 e. The summed E-state index contributed by atoms with van der Waals surface area (Å²) >= 11 is 0. The van der Waals surface area contributed by atoms with Crippen molar-refractivity contribution in [2.24, 2.45) is 0 Å². The van der Waals surface area contributed by atoms with Gasteiger partial charge < -0.3 is 4.84 Å². The zero-order chi connectivity index (χ0) is 18.7. The highest BCUT2D eigenvalue weighted by Crippen LogP contribution is 2.19. The monoisotopic (exact) mass is 356 g/mol. The minimum atomic E-state index is -1.23. The number of amides is 4. The lowest BCUT2D eigenvalue weighted by atomic mass is 10.0. The van der Waals surface area contributed by atoms with Gasteiger partial charge in [-0.25, -0.2) is 4.79 Å². The molecule has 8 heteroatoms. The molecular weight excluding hydrogens is 340 g/mol. The largest absolute Gasteiger partial charge is 0.355 e. The first-order valence-corrected chi connectivity index (χ1v) is 8.14. The first-order chi connectivity index (χ1) is 12.5. The van der Waals surface area contributed by atoms with Gasteiger partial charge in [0.1, 0.15) is 6.04 Å². The highest BCUT2D eigenvalue weighted by Gasteiger charge is 2.40. The summed E-state index contributed by atoms with van der Waals surface area (Å²) in [5.41, 5.74) is 0.908. The minimum absolute atomic E-state index is 0.0378. The number of carbonyl (C=O) groups is 5. The average Bonchev–Trinajstić information content (AvgIpc) is 3.13. The molecule has 1 aromatic carbocycles. The van der Waals surface area contributed by atoms with Gasteiger partial charge in [0.15, 0.2) is 0 Å². The van der Waals surface area contributed by atoms with Gasteiger partial charge in [0.25, 0.3) is 23.6 Å². The third-order valence-electron chi connectivity index (χ3n) is 4.16. The molecule has 0 bridgehead atoms. The third-order valence-corrected chi connectivity index (χ3v) is 4.16. The summed E-state index contributed by atoms with van der Waals surface area (Å²) in [5.74, 6) is -3.51. The van der Waals surface area contributed by atoms with Gasteiger partial charge >= 0.3 is 5.97 Å². The first kappa shape index (κ1) is 17.5. The predicted octanol–water partition coefficient (Wildman–Crippen LogP) is 0.520. The fourth-order valence-electron chi connectivity index (χ4n) is 2.83. The van der Waals surface area contributed by atoms with Crippen LogP contribution in [0.5, 0.6) is 0 Å². The summed E-state index contributed by atoms with van der Waals surface area (Å²) in [7, 11) is 0. The summed E-state index contributed by atoms with van der Waals surface area (Å²) in [5, 5.41) is 0.413. The number of rotatable bonds is 6. The van der Waals surface area contributed by atoms with Crippen molar-refractivity contribution in [2.75, 3.05) is 0 Å². The minimum Gasteiger partial charge on any atom is -0.328 e. The summed E-state index contributed by atoms with van der Waals surface area (Å²) in [6, 6.07) is 7.97. The van der Waals surface area contributed by atoms with Crippen LogP contribution in [0.3, 0.4) is 0 Å². The van der Waals surface area contributed by atoms with Crippen molar-refractivity contribution in [1.29, 1.82) is 0 Å². The van der Waals surface area contributed by atoms with E-state index in [1.807, 2.05) is 30.3 Å². The number of hydrogen-bond acceptors (Lipinski definition) is 6. The fourth-order valence-corrected chi connectivity index (χ4v) is 2.83. The van der Waals surface area contributed by atoms with Crippen molar-refractivity contribution in [3.8, 4) is 0 Å². The predicted molar refractivity (Wildman–Crippen MR) is 86.7 cm³/mol. The molecule has 3 rings (SSSR count). The number of hydrogen-bond donors (Lipinski definition) is 0. The van der Waals surface area contributed by atoms with E-state index in [0.717, 1.165) is 22.6 Å². The van der Waals surface area contributed by atoms with E-state index in [9.17, 15) is 24.0 Å². The van der Waals surface area contributed by atoms with Crippen molar-refractivity contribution < 1.29 is 28.8 Å². The van der Waals surface area contributed by atoms with Crippen molar-refractivity contribution >= 4 is 29.6 Å². The molecule has 0 aliphatic carbocycles. The molecule has 1 saturated heterocycles. The Bertz CT molecular complexity index is 767. The lowest BCUT2D eigenvalue weighted by molar-refractivity contribution is -0.201. The lowest BCUT2D eigenvalue weighted by Gasteiger charge is -2.25. The second kappa shape index (κ2) is 7.30. The van der Waals surface area contributed by atoms with Crippen LogP contribution >= 0.6 is 0 Å². The Hall–Kier alpha value is -3.29. The van der Waals surface area contributed by atoms with Crippen LogP contribution < -0.4 is 0 Å². The summed E-state index contributed by atoms with van der Waals surface area (Å²) < 4.78 is 0. The van der Waals surface area contributed by atoms with E-state index >= 15 is 0 Å².